The molecular formula is C19H16Cl2N4O2. The molecule has 0 aliphatic carbocycles. The number of carbonyl (C=O) groups excluding carboxylic acids is 2. The lowest BCUT2D eigenvalue weighted by Gasteiger charge is -2.11. The summed E-state index contributed by atoms with van der Waals surface area (Å²) in [6.45, 7) is 0.185. The minimum Gasteiger partial charge on any atom is -0.351 e. The van der Waals surface area contributed by atoms with Crippen LogP contribution >= 0.6 is 23.2 Å². The summed E-state index contributed by atoms with van der Waals surface area (Å²) in [5, 5.41) is 4.45. The number of anilines is 1. The van der Waals surface area contributed by atoms with Gasteiger partial charge in [-0.15, -0.1) is 0 Å². The third-order valence-corrected chi connectivity index (χ3v) is 4.36. The van der Waals surface area contributed by atoms with Gasteiger partial charge in [-0.05, 0) is 36.4 Å². The second-order valence-electron chi connectivity index (χ2n) is 5.68. The third kappa shape index (κ3) is 4.87. The molecular weight excluding hydrogens is 387 g/mol. The van der Waals surface area contributed by atoms with Crippen LogP contribution < -0.4 is 16.2 Å². The maximum atomic E-state index is 12.0. The molecule has 6 nitrogen and oxygen atoms in total. The second kappa shape index (κ2) is 8.70. The smallest absolute Gasteiger partial charge is 0.252 e. The van der Waals surface area contributed by atoms with Crippen molar-refractivity contribution in [1.29, 1.82) is 0 Å². The molecule has 2 amide bonds. The van der Waals surface area contributed by atoms with E-state index in [1.165, 1.54) is 0 Å². The Balaban J connectivity index is 1.51. The van der Waals surface area contributed by atoms with Crippen LogP contribution in [0.1, 0.15) is 16.8 Å². The molecule has 0 atom stereocenters. The SMILES string of the molecule is O=C(CCNC(=O)c1ccccc1Cl)NNc1ccnc2cc(Cl)ccc12. The molecule has 2 aromatic carbocycles. The van der Waals surface area contributed by atoms with Gasteiger partial charge in [-0.1, -0.05) is 35.3 Å². The van der Waals surface area contributed by atoms with Crippen molar-refractivity contribution in [3.63, 3.8) is 0 Å². The minimum absolute atomic E-state index is 0.109. The van der Waals surface area contributed by atoms with Gasteiger partial charge in [0.1, 0.15) is 0 Å². The molecule has 0 radical (unpaired) electrons. The Labute approximate surface area is 165 Å². The van der Waals surface area contributed by atoms with Crippen molar-refractivity contribution in [2.75, 3.05) is 12.0 Å². The Bertz CT molecular complexity index is 994. The molecule has 1 aromatic heterocycles. The number of hydrogen-bond donors (Lipinski definition) is 3. The zero-order chi connectivity index (χ0) is 19.2. The normalized spacial score (nSPS) is 10.4. The van der Waals surface area contributed by atoms with Crippen molar-refractivity contribution in [2.24, 2.45) is 0 Å². The van der Waals surface area contributed by atoms with Crippen LogP contribution in [0.25, 0.3) is 10.9 Å². The fourth-order valence-corrected chi connectivity index (χ4v) is 2.85. The van der Waals surface area contributed by atoms with Gasteiger partial charge in [0.05, 0.1) is 21.8 Å². The van der Waals surface area contributed by atoms with Gasteiger partial charge in [0, 0.05) is 29.6 Å². The first-order valence-electron chi connectivity index (χ1n) is 8.16. The number of amides is 2. The quantitative estimate of drug-likeness (QED) is 0.547. The van der Waals surface area contributed by atoms with Crippen LogP contribution in [-0.4, -0.2) is 23.3 Å². The van der Waals surface area contributed by atoms with E-state index in [9.17, 15) is 9.59 Å². The highest BCUT2D eigenvalue weighted by Gasteiger charge is 2.10. The predicted molar refractivity (Wildman–Crippen MR) is 107 cm³/mol. The Morgan fingerprint density at radius 3 is 2.67 bits per heavy atom. The summed E-state index contributed by atoms with van der Waals surface area (Å²) in [7, 11) is 0. The zero-order valence-electron chi connectivity index (χ0n) is 14.1. The van der Waals surface area contributed by atoms with Gasteiger partial charge in [-0.3, -0.25) is 25.4 Å². The number of aromatic nitrogens is 1. The molecule has 0 unspecified atom stereocenters. The first kappa shape index (κ1) is 18.9. The summed E-state index contributed by atoms with van der Waals surface area (Å²) >= 11 is 11.9. The number of hydrazine groups is 1. The summed E-state index contributed by atoms with van der Waals surface area (Å²) in [5.74, 6) is -0.591. The van der Waals surface area contributed by atoms with Crippen LogP contribution in [0.4, 0.5) is 5.69 Å². The van der Waals surface area contributed by atoms with Crippen LogP contribution in [0.15, 0.2) is 54.7 Å². The van der Waals surface area contributed by atoms with E-state index in [2.05, 4.69) is 21.2 Å². The Kier molecular flexibility index (Phi) is 6.11. The highest BCUT2D eigenvalue weighted by molar-refractivity contribution is 6.33. The van der Waals surface area contributed by atoms with E-state index in [0.29, 0.717) is 26.8 Å². The van der Waals surface area contributed by atoms with Gasteiger partial charge in [0.2, 0.25) is 5.91 Å². The average Bonchev–Trinajstić information content (AvgIpc) is 2.66. The number of fused-ring (bicyclic) bond motifs is 1. The van der Waals surface area contributed by atoms with Crippen molar-refractivity contribution >= 4 is 51.6 Å². The Morgan fingerprint density at radius 2 is 1.85 bits per heavy atom. The van der Waals surface area contributed by atoms with Crippen molar-refractivity contribution in [1.82, 2.24) is 15.7 Å². The lowest BCUT2D eigenvalue weighted by Crippen LogP contribution is -2.33. The summed E-state index contributed by atoms with van der Waals surface area (Å²) in [5.41, 5.74) is 7.26. The molecule has 8 heteroatoms. The predicted octanol–water partition coefficient (Wildman–Crippen LogP) is 3.80. The topological polar surface area (TPSA) is 83.1 Å². The highest BCUT2D eigenvalue weighted by atomic mass is 35.5. The molecule has 1 heterocycles. The van der Waals surface area contributed by atoms with Crippen molar-refractivity contribution < 1.29 is 9.59 Å². The number of nitrogens with zero attached hydrogens (tertiary/aromatic N) is 1. The zero-order valence-corrected chi connectivity index (χ0v) is 15.6. The van der Waals surface area contributed by atoms with Gasteiger partial charge in [0.25, 0.3) is 5.91 Å². The molecule has 0 spiro atoms. The van der Waals surface area contributed by atoms with Crippen LogP contribution in [0.2, 0.25) is 10.0 Å². The van der Waals surface area contributed by atoms with E-state index in [1.54, 1.807) is 48.7 Å². The van der Waals surface area contributed by atoms with Gasteiger partial charge < -0.3 is 5.32 Å². The van der Waals surface area contributed by atoms with Crippen molar-refractivity contribution in [3.05, 3.63) is 70.3 Å². The van der Waals surface area contributed by atoms with Gasteiger partial charge in [-0.2, -0.15) is 0 Å². The van der Waals surface area contributed by atoms with E-state index >= 15 is 0 Å². The molecule has 0 fully saturated rings. The lowest BCUT2D eigenvalue weighted by molar-refractivity contribution is -0.120. The summed E-state index contributed by atoms with van der Waals surface area (Å²) in [6.07, 6.45) is 1.73. The van der Waals surface area contributed by atoms with Crippen LogP contribution in [0, 0.1) is 0 Å². The van der Waals surface area contributed by atoms with E-state index in [0.717, 1.165) is 5.39 Å². The lowest BCUT2D eigenvalue weighted by atomic mass is 10.2. The maximum Gasteiger partial charge on any atom is 0.252 e. The number of halogens is 2. The van der Waals surface area contributed by atoms with Crippen molar-refractivity contribution in [2.45, 2.75) is 6.42 Å². The number of rotatable bonds is 6. The second-order valence-corrected chi connectivity index (χ2v) is 6.52. The number of pyridine rings is 1. The molecule has 27 heavy (non-hydrogen) atoms. The fraction of sp³-hybridized carbons (Fsp3) is 0.105. The first-order valence-corrected chi connectivity index (χ1v) is 8.92. The average molecular weight is 403 g/mol. The number of benzene rings is 2. The molecule has 0 aliphatic rings. The first-order chi connectivity index (χ1) is 13.0. The van der Waals surface area contributed by atoms with E-state index in [-0.39, 0.29) is 24.8 Å². The molecule has 3 aromatic rings. The Hall–Kier alpha value is -2.83. The van der Waals surface area contributed by atoms with E-state index < -0.39 is 0 Å². The number of nitrogens with one attached hydrogen (secondary N) is 3. The van der Waals surface area contributed by atoms with Crippen LogP contribution in [-0.2, 0) is 4.79 Å². The standard InChI is InChI=1S/C19H16Cl2N4O2/c20-12-5-6-14-16(7-9-22-17(14)11-12)24-25-18(26)8-10-23-19(27)13-3-1-2-4-15(13)21/h1-7,9,11H,8,10H2,(H,22,24)(H,23,27)(H,25,26). The molecule has 0 bridgehead atoms. The molecule has 3 rings (SSSR count). The van der Waals surface area contributed by atoms with E-state index in [4.69, 9.17) is 23.2 Å². The van der Waals surface area contributed by atoms with Gasteiger partial charge >= 0.3 is 0 Å². The van der Waals surface area contributed by atoms with Crippen LogP contribution in [0.3, 0.4) is 0 Å². The summed E-state index contributed by atoms with van der Waals surface area (Å²) in [4.78, 5) is 28.3. The highest BCUT2D eigenvalue weighted by Crippen LogP contribution is 2.23. The van der Waals surface area contributed by atoms with E-state index in [1.807, 2.05) is 6.07 Å². The van der Waals surface area contributed by atoms with Gasteiger partial charge in [-0.25, -0.2) is 0 Å². The molecule has 0 aliphatic heterocycles. The minimum atomic E-state index is -0.321. The number of carbonyl (C=O) groups is 2. The summed E-state index contributed by atoms with van der Waals surface area (Å²) in [6, 6.07) is 13.8. The molecule has 3 N–H and O–H groups in total. The largest absolute Gasteiger partial charge is 0.351 e. The summed E-state index contributed by atoms with van der Waals surface area (Å²) < 4.78 is 0. The monoisotopic (exact) mass is 402 g/mol. The van der Waals surface area contributed by atoms with Gasteiger partial charge in [0.15, 0.2) is 0 Å². The molecule has 0 saturated heterocycles. The molecule has 0 saturated carbocycles. The van der Waals surface area contributed by atoms with Crippen molar-refractivity contribution in [3.8, 4) is 0 Å². The van der Waals surface area contributed by atoms with Crippen LogP contribution in [0.5, 0.6) is 0 Å². The molecule has 138 valence electrons. The fourth-order valence-electron chi connectivity index (χ4n) is 2.46. The third-order valence-electron chi connectivity index (χ3n) is 3.80. The maximum absolute atomic E-state index is 12.0. The number of hydrogen-bond acceptors (Lipinski definition) is 4. The Morgan fingerprint density at radius 1 is 1.04 bits per heavy atom.